The van der Waals surface area contributed by atoms with E-state index in [9.17, 15) is 18.0 Å². The smallest absolute Gasteiger partial charge is 0.266 e. The van der Waals surface area contributed by atoms with Crippen molar-refractivity contribution in [2.45, 2.75) is 48.8 Å². The average molecular weight is 555 g/mol. The molecule has 4 aromatic rings. The summed E-state index contributed by atoms with van der Waals surface area (Å²) in [7, 11) is -4.11. The fourth-order valence-corrected chi connectivity index (χ4v) is 8.64. The highest BCUT2D eigenvalue weighted by Crippen LogP contribution is 2.58. The summed E-state index contributed by atoms with van der Waals surface area (Å²) in [5.41, 5.74) is 1.24. The van der Waals surface area contributed by atoms with Crippen molar-refractivity contribution in [3.8, 4) is 0 Å². The molecule has 3 aliphatic rings. The lowest BCUT2D eigenvalue weighted by molar-refractivity contribution is -0.155. The summed E-state index contributed by atoms with van der Waals surface area (Å²) in [4.78, 5) is 31.3. The molecule has 3 atom stereocenters. The lowest BCUT2D eigenvalue weighted by atomic mass is 9.86. The van der Waals surface area contributed by atoms with Crippen molar-refractivity contribution in [3.05, 3.63) is 96.7 Å². The fraction of sp³-hybridized carbons (Fsp3) is 0.290. The third-order valence-corrected chi connectivity index (χ3v) is 10.5. The first kappa shape index (κ1) is 24.9. The summed E-state index contributed by atoms with van der Waals surface area (Å²) in [6, 6.07) is 25.0. The van der Waals surface area contributed by atoms with E-state index in [1.807, 2.05) is 54.7 Å². The van der Waals surface area contributed by atoms with Gasteiger partial charge in [-0.3, -0.25) is 9.59 Å². The minimum Gasteiger partial charge on any atom is -0.333 e. The highest BCUT2D eigenvalue weighted by molar-refractivity contribution is 7.92. The van der Waals surface area contributed by atoms with Crippen molar-refractivity contribution in [3.63, 3.8) is 0 Å². The maximum Gasteiger partial charge on any atom is 0.266 e. The molecule has 4 heterocycles. The van der Waals surface area contributed by atoms with Crippen molar-refractivity contribution < 1.29 is 18.0 Å². The Morgan fingerprint density at radius 2 is 1.62 bits per heavy atom. The first-order chi connectivity index (χ1) is 19.4. The quantitative estimate of drug-likeness (QED) is 0.358. The molecule has 0 N–H and O–H groups in total. The molecule has 1 aromatic heterocycles. The maximum atomic E-state index is 14.5. The number of carbonyl (C=O) groups is 2. The number of sulfonamides is 1. The molecule has 9 heteroatoms. The van der Waals surface area contributed by atoms with E-state index in [0.717, 1.165) is 29.3 Å². The Hall–Kier alpha value is -4.11. The Kier molecular flexibility index (Phi) is 5.57. The van der Waals surface area contributed by atoms with Gasteiger partial charge in [-0.15, -0.1) is 0 Å². The van der Waals surface area contributed by atoms with Gasteiger partial charge in [0, 0.05) is 30.2 Å². The van der Waals surface area contributed by atoms with Gasteiger partial charge in [0.2, 0.25) is 11.8 Å². The molecule has 7 rings (SSSR count). The number of nitrogens with zero attached hydrogens (tertiary/aromatic N) is 4. The van der Waals surface area contributed by atoms with Gasteiger partial charge < -0.3 is 14.4 Å². The standard InChI is InChI=1S/C31H30N4O4S/c1-2-3-18-32-21-28(36)34-27(29(32)37)20-31(33-19-17-22-11-7-9-15-25(22)33)24-14-8-10-16-26(24)35(30(31)34)40(38,39)23-12-5-4-6-13-23/h4-17,19,27,30H,2-3,18,20-21H2,1H3/t27-,30-,31-/m1/s1. The number of unbranched alkanes of at least 4 members (excludes halogenated alkanes) is 1. The number of benzene rings is 3. The largest absolute Gasteiger partial charge is 0.333 e. The van der Waals surface area contributed by atoms with Crippen molar-refractivity contribution in [1.29, 1.82) is 0 Å². The Morgan fingerprint density at radius 1 is 0.900 bits per heavy atom. The summed E-state index contributed by atoms with van der Waals surface area (Å²) >= 11 is 0. The molecule has 3 aromatic carbocycles. The number of rotatable bonds is 6. The van der Waals surface area contributed by atoms with Crippen LogP contribution in [0, 0.1) is 0 Å². The molecular formula is C31H30N4O4S. The molecular weight excluding hydrogens is 524 g/mol. The Morgan fingerprint density at radius 3 is 2.42 bits per heavy atom. The molecule has 0 unspecified atom stereocenters. The highest BCUT2D eigenvalue weighted by atomic mass is 32.2. The monoisotopic (exact) mass is 554 g/mol. The minimum atomic E-state index is -4.11. The summed E-state index contributed by atoms with van der Waals surface area (Å²) < 4.78 is 32.4. The number of fused-ring (bicyclic) bond motifs is 6. The number of hydrogen-bond acceptors (Lipinski definition) is 4. The van der Waals surface area contributed by atoms with Gasteiger partial charge in [0.1, 0.15) is 17.7 Å². The number of carbonyl (C=O) groups excluding carboxylic acids is 2. The van der Waals surface area contributed by atoms with Crippen LogP contribution < -0.4 is 4.31 Å². The SMILES string of the molecule is CCCCN1CC(=O)N2[C@H](C[C@@]3(n4ccc5ccccc54)c4ccccc4N(S(=O)(=O)c4ccccc4)[C@@H]23)C1=O. The molecule has 2 fully saturated rings. The maximum absolute atomic E-state index is 14.5. The molecule has 0 bridgehead atoms. The van der Waals surface area contributed by atoms with Gasteiger partial charge in [0.15, 0.2) is 0 Å². The van der Waals surface area contributed by atoms with Crippen LogP contribution in [0.4, 0.5) is 5.69 Å². The summed E-state index contributed by atoms with van der Waals surface area (Å²) in [6.45, 7) is 2.51. The second-order valence-corrected chi connectivity index (χ2v) is 12.6. The number of piperazine rings is 1. The Bertz CT molecular complexity index is 1750. The van der Waals surface area contributed by atoms with Crippen molar-refractivity contribution >= 4 is 38.4 Å². The predicted molar refractivity (Wildman–Crippen MR) is 152 cm³/mol. The molecule has 8 nitrogen and oxygen atoms in total. The summed E-state index contributed by atoms with van der Waals surface area (Å²) in [6.07, 6.45) is 3.02. The van der Waals surface area contributed by atoms with E-state index in [4.69, 9.17) is 0 Å². The van der Waals surface area contributed by atoms with E-state index in [2.05, 4.69) is 11.5 Å². The summed E-state index contributed by atoms with van der Waals surface area (Å²) in [5.74, 6) is -0.349. The van der Waals surface area contributed by atoms with Gasteiger partial charge in [-0.25, -0.2) is 12.7 Å². The molecule has 0 saturated carbocycles. The van der Waals surface area contributed by atoms with Crippen LogP contribution in [0.1, 0.15) is 31.7 Å². The van der Waals surface area contributed by atoms with Crippen LogP contribution in [0.5, 0.6) is 0 Å². The first-order valence-corrected chi connectivity index (χ1v) is 15.2. The van der Waals surface area contributed by atoms with Gasteiger partial charge in [-0.1, -0.05) is 67.9 Å². The average Bonchev–Trinajstić information content (AvgIpc) is 3.63. The third kappa shape index (κ3) is 3.27. The van der Waals surface area contributed by atoms with Gasteiger partial charge in [-0.2, -0.15) is 0 Å². The number of aromatic nitrogens is 1. The topological polar surface area (TPSA) is 82.9 Å². The normalized spacial score (nSPS) is 24.0. The van der Waals surface area contributed by atoms with Crippen molar-refractivity contribution in [1.82, 2.24) is 14.4 Å². The van der Waals surface area contributed by atoms with E-state index in [-0.39, 0.29) is 29.7 Å². The number of amides is 2. The third-order valence-electron chi connectivity index (χ3n) is 8.68. The van der Waals surface area contributed by atoms with E-state index >= 15 is 0 Å². The van der Waals surface area contributed by atoms with Gasteiger partial charge in [0.05, 0.1) is 17.1 Å². The number of hydrogen-bond donors (Lipinski definition) is 0. The van der Waals surface area contributed by atoms with Crippen LogP contribution in [0.2, 0.25) is 0 Å². The van der Waals surface area contributed by atoms with Gasteiger partial charge in [0.25, 0.3) is 10.0 Å². The van der Waals surface area contributed by atoms with Gasteiger partial charge >= 0.3 is 0 Å². The zero-order valence-electron chi connectivity index (χ0n) is 22.2. The number of para-hydroxylation sites is 2. The van der Waals surface area contributed by atoms with E-state index in [0.29, 0.717) is 12.2 Å². The molecule has 204 valence electrons. The molecule has 2 saturated heterocycles. The van der Waals surface area contributed by atoms with E-state index in [1.54, 1.807) is 46.2 Å². The molecule has 2 amide bonds. The van der Waals surface area contributed by atoms with E-state index < -0.39 is 27.8 Å². The zero-order chi connectivity index (χ0) is 27.6. The first-order valence-electron chi connectivity index (χ1n) is 13.7. The molecule has 0 radical (unpaired) electrons. The Labute approximate surface area is 233 Å². The van der Waals surface area contributed by atoms with Crippen LogP contribution in [-0.4, -0.2) is 59.9 Å². The van der Waals surface area contributed by atoms with Crippen LogP contribution in [0.3, 0.4) is 0 Å². The van der Waals surface area contributed by atoms with E-state index in [1.165, 1.54) is 4.31 Å². The van der Waals surface area contributed by atoms with Crippen LogP contribution >= 0.6 is 0 Å². The lowest BCUT2D eigenvalue weighted by Crippen LogP contribution is -2.63. The second-order valence-electron chi connectivity index (χ2n) is 10.8. The van der Waals surface area contributed by atoms with Crippen LogP contribution in [0.25, 0.3) is 10.9 Å². The van der Waals surface area contributed by atoms with Crippen LogP contribution in [-0.2, 0) is 25.2 Å². The van der Waals surface area contributed by atoms with Crippen LogP contribution in [0.15, 0.2) is 96.0 Å². The van der Waals surface area contributed by atoms with Crippen molar-refractivity contribution in [2.24, 2.45) is 0 Å². The molecule has 0 spiro atoms. The highest BCUT2D eigenvalue weighted by Gasteiger charge is 2.68. The minimum absolute atomic E-state index is 0.0517. The second kappa shape index (κ2) is 8.96. The molecule has 40 heavy (non-hydrogen) atoms. The zero-order valence-corrected chi connectivity index (χ0v) is 23.0. The number of anilines is 1. The fourth-order valence-electron chi connectivity index (χ4n) is 6.96. The Balaban J connectivity index is 1.50. The lowest BCUT2D eigenvalue weighted by Gasteiger charge is -2.42. The molecule has 0 aliphatic carbocycles. The van der Waals surface area contributed by atoms with Gasteiger partial charge in [-0.05, 0) is 42.1 Å². The molecule has 3 aliphatic heterocycles. The van der Waals surface area contributed by atoms with Crippen molar-refractivity contribution in [2.75, 3.05) is 17.4 Å². The predicted octanol–water partition coefficient (Wildman–Crippen LogP) is 4.16. The summed E-state index contributed by atoms with van der Waals surface area (Å²) in [5, 5.41) is 1.00.